The van der Waals surface area contributed by atoms with Gasteiger partial charge in [-0.15, -0.1) is 0 Å². The molecule has 0 bridgehead atoms. The third kappa shape index (κ3) is 6.41. The Hall–Kier alpha value is -6.46. The van der Waals surface area contributed by atoms with Gasteiger partial charge in [0.2, 0.25) is 5.88 Å². The van der Waals surface area contributed by atoms with Gasteiger partial charge in [-0.3, -0.25) is 4.90 Å². The number of para-hydroxylation sites is 1. The highest BCUT2D eigenvalue weighted by Gasteiger charge is 2.47. The topological polar surface area (TPSA) is 26.2 Å². The third-order valence-corrected chi connectivity index (χ3v) is 15.7. The van der Waals surface area contributed by atoms with Crippen molar-refractivity contribution in [1.82, 2.24) is 9.05 Å². The summed E-state index contributed by atoms with van der Waals surface area (Å²) < 4.78 is 12.6. The Morgan fingerprint density at radius 1 is 0.406 bits per heavy atom. The third-order valence-electron chi connectivity index (χ3n) is 15.7. The van der Waals surface area contributed by atoms with Gasteiger partial charge in [-0.25, -0.2) is 0 Å². The molecule has 3 aromatic heterocycles. The molecule has 346 valence electrons. The summed E-state index contributed by atoms with van der Waals surface area (Å²) in [5, 5.41) is 6.41. The van der Waals surface area contributed by atoms with Gasteiger partial charge in [-0.1, -0.05) is 158 Å². The Bertz CT molecular complexity index is 3790. The van der Waals surface area contributed by atoms with E-state index in [4.69, 9.17) is 4.42 Å². The number of nitrogens with zero attached hydrogens (tertiary/aromatic N) is 3. The maximum absolute atomic E-state index is 7.37. The molecule has 0 spiro atoms. The summed E-state index contributed by atoms with van der Waals surface area (Å²) >= 11 is 0. The molecule has 0 amide bonds. The summed E-state index contributed by atoms with van der Waals surface area (Å²) in [6, 6.07) is 49.4. The predicted molar refractivity (Wildman–Crippen MR) is 298 cm³/mol. The normalized spacial score (nSPS) is 14.2. The molecule has 0 aliphatic carbocycles. The van der Waals surface area contributed by atoms with Crippen LogP contribution in [0.3, 0.4) is 0 Å². The Kier molecular flexibility index (Phi) is 8.94. The highest BCUT2D eigenvalue weighted by Crippen LogP contribution is 2.52. The van der Waals surface area contributed by atoms with E-state index < -0.39 is 0 Å². The highest BCUT2D eigenvalue weighted by atomic mass is 16.4. The van der Waals surface area contributed by atoms with Gasteiger partial charge in [0.15, 0.2) is 0 Å². The molecule has 0 saturated carbocycles. The lowest BCUT2D eigenvalue weighted by atomic mass is 9.45. The number of fused-ring (bicyclic) bond motifs is 13. The SMILES string of the molecule is CC(C)(C)c1ccc(N2c3cc(C(C)(C)C)cc4c3B(c3c2oc2ccc(C(C)(C)C)cc32)n2c3ccc(C(C)(C)C)cc3c3c5c6cc(C(C)(C)C)ccc6n(-c6ccccc6)c5cc-4c32)cc1. The van der Waals surface area contributed by atoms with E-state index in [1.54, 1.807) is 0 Å². The van der Waals surface area contributed by atoms with Crippen molar-refractivity contribution in [2.24, 2.45) is 0 Å². The van der Waals surface area contributed by atoms with Gasteiger partial charge in [0.25, 0.3) is 0 Å². The molecule has 0 saturated heterocycles. The largest absolute Gasteiger partial charge is 0.440 e. The molecule has 2 aliphatic rings. The Balaban J connectivity index is 1.33. The van der Waals surface area contributed by atoms with E-state index in [2.05, 4.69) is 245 Å². The Labute approximate surface area is 409 Å². The molecule has 5 heteroatoms. The second-order valence-electron chi connectivity index (χ2n) is 25.6. The minimum absolute atomic E-state index is 0.0179. The Morgan fingerprint density at radius 2 is 0.942 bits per heavy atom. The monoisotopic (exact) mass is 904 g/mol. The van der Waals surface area contributed by atoms with Crippen molar-refractivity contribution >= 4 is 89.6 Å². The Morgan fingerprint density at radius 3 is 1.54 bits per heavy atom. The van der Waals surface area contributed by atoms with Crippen LogP contribution in [0.5, 0.6) is 0 Å². The van der Waals surface area contributed by atoms with Crippen LogP contribution in [0.25, 0.3) is 71.4 Å². The number of hydrogen-bond donors (Lipinski definition) is 0. The zero-order valence-electron chi connectivity index (χ0n) is 43.5. The van der Waals surface area contributed by atoms with Gasteiger partial charge in [0.1, 0.15) is 5.58 Å². The molecule has 0 atom stereocenters. The van der Waals surface area contributed by atoms with E-state index in [1.807, 2.05) is 0 Å². The number of anilines is 3. The van der Waals surface area contributed by atoms with Crippen molar-refractivity contribution in [3.05, 3.63) is 155 Å². The summed E-state index contributed by atoms with van der Waals surface area (Å²) in [6.07, 6.45) is 0. The lowest BCUT2D eigenvalue weighted by molar-refractivity contribution is 0.588. The summed E-state index contributed by atoms with van der Waals surface area (Å²) in [4.78, 5) is 2.46. The molecule has 7 aromatic carbocycles. The van der Waals surface area contributed by atoms with Crippen molar-refractivity contribution in [2.75, 3.05) is 4.90 Å². The number of aromatic nitrogens is 2. The fraction of sp³-hybridized carbons (Fsp3) is 0.312. The van der Waals surface area contributed by atoms with Crippen LogP contribution in [-0.2, 0) is 27.1 Å². The van der Waals surface area contributed by atoms with Crippen molar-refractivity contribution in [2.45, 2.75) is 131 Å². The highest BCUT2D eigenvalue weighted by molar-refractivity contribution is 6.91. The van der Waals surface area contributed by atoms with Crippen LogP contribution in [0.1, 0.15) is 132 Å². The van der Waals surface area contributed by atoms with Crippen molar-refractivity contribution in [3.8, 4) is 16.8 Å². The first-order valence-corrected chi connectivity index (χ1v) is 25.2. The molecule has 2 aliphatic heterocycles. The maximum atomic E-state index is 7.37. The van der Waals surface area contributed by atoms with Crippen LogP contribution in [0.15, 0.2) is 132 Å². The first-order chi connectivity index (χ1) is 32.4. The second-order valence-corrected chi connectivity index (χ2v) is 25.6. The van der Waals surface area contributed by atoms with Crippen LogP contribution in [0, 0.1) is 0 Å². The van der Waals surface area contributed by atoms with Crippen LogP contribution in [0.2, 0.25) is 0 Å². The van der Waals surface area contributed by atoms with Gasteiger partial charge in [0, 0.05) is 66.1 Å². The number of rotatable bonds is 2. The van der Waals surface area contributed by atoms with Crippen LogP contribution in [-0.4, -0.2) is 15.9 Å². The van der Waals surface area contributed by atoms with Crippen molar-refractivity contribution in [3.63, 3.8) is 0 Å². The zero-order chi connectivity index (χ0) is 48.6. The van der Waals surface area contributed by atoms with E-state index >= 15 is 0 Å². The van der Waals surface area contributed by atoms with Crippen LogP contribution >= 0.6 is 0 Å². The van der Waals surface area contributed by atoms with Gasteiger partial charge in [0.05, 0.1) is 11.0 Å². The minimum atomic E-state index is -0.168. The summed E-state index contributed by atoms with van der Waals surface area (Å²) in [7, 11) is 0. The van der Waals surface area contributed by atoms with Crippen molar-refractivity contribution < 1.29 is 4.42 Å². The first kappa shape index (κ1) is 43.8. The zero-order valence-corrected chi connectivity index (χ0v) is 43.5. The molecule has 10 aromatic rings. The van der Waals surface area contributed by atoms with E-state index in [0.717, 1.165) is 17.2 Å². The van der Waals surface area contributed by atoms with Gasteiger partial charge in [-0.2, -0.15) is 0 Å². The smallest absolute Gasteiger partial charge is 0.337 e. The molecule has 0 N–H and O–H groups in total. The lowest BCUT2D eigenvalue weighted by Gasteiger charge is -2.39. The molecule has 0 unspecified atom stereocenters. The standard InChI is InChI=1S/C64H66BN3O/c1-60(2,3)37-21-26-43(27-22-37)67-52-35-41(64(13,14)15)34-44-45-36-51-54(46-31-38(61(4,5)6)23-28-49(46)66(51)42-19-17-16-18-20-42)55-47-32-39(62(7,8)9)24-29-50(47)68(58(45)55)65(56(44)52)57-48-33-40(63(10,11)12)25-30-53(48)69-59(57)67/h16-36H,1-15H3. The van der Waals surface area contributed by atoms with E-state index in [9.17, 15) is 0 Å². The fourth-order valence-corrected chi connectivity index (χ4v) is 11.7. The maximum Gasteiger partial charge on any atom is 0.337 e. The summed E-state index contributed by atoms with van der Waals surface area (Å²) in [6.45, 7) is 34.8. The second kappa shape index (κ2) is 14.1. The van der Waals surface area contributed by atoms with Crippen molar-refractivity contribution in [1.29, 1.82) is 0 Å². The van der Waals surface area contributed by atoms with Gasteiger partial charge >= 0.3 is 6.85 Å². The summed E-state index contributed by atoms with van der Waals surface area (Å²) in [5.41, 5.74) is 20.8. The van der Waals surface area contributed by atoms with E-state index in [1.165, 1.54) is 110 Å². The quantitative estimate of drug-likeness (QED) is 0.162. The fourth-order valence-electron chi connectivity index (χ4n) is 11.7. The van der Waals surface area contributed by atoms with E-state index in [0.29, 0.717) is 0 Å². The molecule has 0 fully saturated rings. The molecule has 5 heterocycles. The number of furan rings is 1. The molecular weight excluding hydrogens is 838 g/mol. The molecular formula is C64H66BN3O. The number of hydrogen-bond acceptors (Lipinski definition) is 2. The van der Waals surface area contributed by atoms with Gasteiger partial charge < -0.3 is 13.5 Å². The van der Waals surface area contributed by atoms with Crippen LogP contribution < -0.4 is 15.8 Å². The molecule has 69 heavy (non-hydrogen) atoms. The molecule has 12 rings (SSSR count). The molecule has 4 nitrogen and oxygen atoms in total. The number of benzene rings is 7. The average Bonchev–Trinajstić information content (AvgIpc) is 3.93. The predicted octanol–water partition coefficient (Wildman–Crippen LogP) is 16.5. The molecule has 0 radical (unpaired) electrons. The van der Waals surface area contributed by atoms with Crippen LogP contribution in [0.4, 0.5) is 17.3 Å². The lowest BCUT2D eigenvalue weighted by Crippen LogP contribution is -2.56. The summed E-state index contributed by atoms with van der Waals surface area (Å²) in [5.74, 6) is 0.899. The van der Waals surface area contributed by atoms with E-state index in [-0.39, 0.29) is 33.9 Å². The van der Waals surface area contributed by atoms with Gasteiger partial charge in [-0.05, 0) is 139 Å². The minimum Gasteiger partial charge on any atom is -0.440 e. The first-order valence-electron chi connectivity index (χ1n) is 25.2. The average molecular weight is 904 g/mol.